The minimum absolute atomic E-state index is 0.00854. The molecular formula is C21H21FN2O3. The Kier molecular flexibility index (Phi) is 2.74. The number of carbonyl (C=O) groups is 2. The zero-order valence-corrected chi connectivity index (χ0v) is 15.2. The maximum absolute atomic E-state index is 13.8. The number of carbonyl (C=O) groups excluding carboxylic acids is 2. The van der Waals surface area contributed by atoms with Gasteiger partial charge in [0.2, 0.25) is 5.91 Å². The van der Waals surface area contributed by atoms with Crippen LogP contribution in [0.3, 0.4) is 0 Å². The van der Waals surface area contributed by atoms with Crippen molar-refractivity contribution in [2.24, 2.45) is 5.41 Å². The monoisotopic (exact) mass is 368 g/mol. The summed E-state index contributed by atoms with van der Waals surface area (Å²) in [6, 6.07) is 7.59. The maximum Gasteiger partial charge on any atom is 0.254 e. The fraction of sp³-hybridized carbons (Fsp3) is 0.524. The summed E-state index contributed by atoms with van der Waals surface area (Å²) >= 11 is 0. The average molecular weight is 368 g/mol. The molecular weight excluding hydrogens is 347 g/mol. The predicted octanol–water partition coefficient (Wildman–Crippen LogP) is 3.06. The van der Waals surface area contributed by atoms with Gasteiger partial charge in [0, 0.05) is 18.5 Å². The van der Waals surface area contributed by atoms with Gasteiger partial charge < -0.3 is 14.2 Å². The van der Waals surface area contributed by atoms with Gasteiger partial charge in [-0.1, -0.05) is 6.07 Å². The van der Waals surface area contributed by atoms with Crippen molar-refractivity contribution in [1.29, 1.82) is 0 Å². The van der Waals surface area contributed by atoms with Crippen LogP contribution >= 0.6 is 0 Å². The van der Waals surface area contributed by atoms with Gasteiger partial charge in [0.15, 0.2) is 0 Å². The first kappa shape index (κ1) is 15.7. The molecule has 2 aromatic rings. The Bertz CT molecular complexity index is 992. The molecule has 27 heavy (non-hydrogen) atoms. The third-order valence-electron chi connectivity index (χ3n) is 7.10. The Hall–Kier alpha value is -2.37. The number of aryl methyl sites for hydroxylation is 1. The van der Waals surface area contributed by atoms with Crippen LogP contribution in [0.2, 0.25) is 0 Å². The normalized spacial score (nSPS) is 36.1. The van der Waals surface area contributed by atoms with Crippen molar-refractivity contribution in [3.05, 3.63) is 35.6 Å². The van der Waals surface area contributed by atoms with E-state index >= 15 is 0 Å². The van der Waals surface area contributed by atoms with Crippen LogP contribution in [-0.4, -0.2) is 52.5 Å². The number of hydrogen-bond donors (Lipinski definition) is 0. The zero-order valence-electron chi connectivity index (χ0n) is 15.2. The van der Waals surface area contributed by atoms with Crippen LogP contribution in [0.4, 0.5) is 4.39 Å². The Morgan fingerprint density at radius 3 is 2.52 bits per heavy atom. The maximum atomic E-state index is 13.8. The Morgan fingerprint density at radius 1 is 1.15 bits per heavy atom. The van der Waals surface area contributed by atoms with Crippen LogP contribution in [0.15, 0.2) is 28.7 Å². The van der Waals surface area contributed by atoms with Crippen molar-refractivity contribution in [3.63, 3.8) is 0 Å². The van der Waals surface area contributed by atoms with E-state index in [0.717, 1.165) is 23.2 Å². The quantitative estimate of drug-likeness (QED) is 0.819. The number of alkyl halides is 1. The minimum atomic E-state index is -1.06. The molecule has 1 aromatic carbocycles. The first-order valence-electron chi connectivity index (χ1n) is 9.68. The van der Waals surface area contributed by atoms with Crippen molar-refractivity contribution in [2.45, 2.75) is 50.4 Å². The van der Waals surface area contributed by atoms with Gasteiger partial charge in [-0.2, -0.15) is 0 Å². The lowest BCUT2D eigenvalue weighted by molar-refractivity contribution is -0.223. The van der Waals surface area contributed by atoms with Crippen LogP contribution in [0.1, 0.15) is 41.8 Å². The predicted molar refractivity (Wildman–Crippen MR) is 96.0 cm³/mol. The number of likely N-dealkylation sites (tertiary alicyclic amines) is 2. The molecule has 0 unspecified atom stereocenters. The van der Waals surface area contributed by atoms with Gasteiger partial charge >= 0.3 is 0 Å². The van der Waals surface area contributed by atoms with Gasteiger partial charge in [-0.3, -0.25) is 9.59 Å². The molecule has 5 nitrogen and oxygen atoms in total. The molecule has 0 radical (unpaired) electrons. The number of hydrogen-bond acceptors (Lipinski definition) is 3. The second kappa shape index (κ2) is 4.72. The fourth-order valence-electron chi connectivity index (χ4n) is 5.89. The number of nitrogens with zero attached hydrogens (tertiary/aromatic N) is 2. The number of amides is 2. The summed E-state index contributed by atoms with van der Waals surface area (Å²) in [5.74, 6) is 0.914. The molecule has 0 spiro atoms. The minimum Gasteiger partial charge on any atom is -0.461 e. The highest BCUT2D eigenvalue weighted by Crippen LogP contribution is 2.70. The zero-order chi connectivity index (χ0) is 18.6. The smallest absolute Gasteiger partial charge is 0.254 e. The van der Waals surface area contributed by atoms with Crippen LogP contribution in [0.25, 0.3) is 11.0 Å². The molecule has 7 rings (SSSR count). The van der Waals surface area contributed by atoms with E-state index in [1.165, 1.54) is 0 Å². The molecule has 140 valence electrons. The molecule has 2 saturated heterocycles. The summed E-state index contributed by atoms with van der Waals surface area (Å²) < 4.78 is 19.5. The van der Waals surface area contributed by atoms with Crippen LogP contribution < -0.4 is 0 Å². The van der Waals surface area contributed by atoms with Crippen molar-refractivity contribution in [1.82, 2.24) is 9.80 Å². The number of rotatable bonds is 2. The van der Waals surface area contributed by atoms with Crippen LogP contribution in [0.5, 0.6) is 0 Å². The summed E-state index contributed by atoms with van der Waals surface area (Å²) in [7, 11) is 0. The highest BCUT2D eigenvalue weighted by Gasteiger charge is 2.74. The highest BCUT2D eigenvalue weighted by atomic mass is 19.1. The first-order valence-corrected chi connectivity index (χ1v) is 9.68. The van der Waals surface area contributed by atoms with Gasteiger partial charge in [0.25, 0.3) is 5.91 Å². The topological polar surface area (TPSA) is 53.8 Å². The van der Waals surface area contributed by atoms with Gasteiger partial charge in [-0.15, -0.1) is 0 Å². The molecule has 2 amide bonds. The number of furan rings is 1. The third-order valence-corrected chi connectivity index (χ3v) is 7.10. The van der Waals surface area contributed by atoms with E-state index < -0.39 is 11.1 Å². The summed E-state index contributed by atoms with van der Waals surface area (Å²) in [5.41, 5.74) is -0.0944. The van der Waals surface area contributed by atoms with Crippen molar-refractivity contribution >= 4 is 22.8 Å². The Balaban J connectivity index is 1.22. The molecule has 5 aliphatic rings. The number of halogens is 1. The van der Waals surface area contributed by atoms with E-state index in [0.29, 0.717) is 37.9 Å². The van der Waals surface area contributed by atoms with E-state index in [2.05, 4.69) is 0 Å². The second-order valence-corrected chi connectivity index (χ2v) is 8.99. The molecule has 2 atom stereocenters. The summed E-state index contributed by atoms with van der Waals surface area (Å²) in [6.07, 6.45) is 2.03. The average Bonchev–Trinajstić information content (AvgIpc) is 3.28. The molecule has 3 aliphatic carbocycles. The molecule has 0 N–H and O–H groups in total. The first-order chi connectivity index (χ1) is 12.9. The molecule has 6 heteroatoms. The van der Waals surface area contributed by atoms with Crippen LogP contribution in [0, 0.1) is 12.3 Å². The number of benzene rings is 1. The number of fused-ring (bicyclic) bond motifs is 3. The van der Waals surface area contributed by atoms with Crippen molar-refractivity contribution in [2.75, 3.05) is 13.1 Å². The van der Waals surface area contributed by atoms with E-state index in [9.17, 15) is 14.0 Å². The largest absolute Gasteiger partial charge is 0.461 e. The van der Waals surface area contributed by atoms with Crippen molar-refractivity contribution in [3.8, 4) is 0 Å². The summed E-state index contributed by atoms with van der Waals surface area (Å²) in [5, 5.41) is 0.845. The molecule has 5 fully saturated rings. The van der Waals surface area contributed by atoms with E-state index in [1.54, 1.807) is 0 Å². The number of piperazine rings is 1. The fourth-order valence-corrected chi connectivity index (χ4v) is 5.89. The summed E-state index contributed by atoms with van der Waals surface area (Å²) in [4.78, 5) is 29.9. The molecule has 3 heterocycles. The Morgan fingerprint density at radius 2 is 1.85 bits per heavy atom. The van der Waals surface area contributed by atoms with E-state index in [4.69, 9.17) is 4.42 Å². The second-order valence-electron chi connectivity index (χ2n) is 8.99. The molecule has 2 aliphatic heterocycles. The van der Waals surface area contributed by atoms with Gasteiger partial charge in [-0.05, 0) is 50.8 Å². The molecule has 1 aromatic heterocycles. The molecule has 4 bridgehead atoms. The SMILES string of the molecule is Cc1cc2c(C(=O)N3C[C@@H]4C[C@H]3CN4C(=O)C34CC(F)(C3)C4)cccc2o1. The van der Waals surface area contributed by atoms with Gasteiger partial charge in [0.1, 0.15) is 17.0 Å². The van der Waals surface area contributed by atoms with E-state index in [-0.39, 0.29) is 23.9 Å². The van der Waals surface area contributed by atoms with Gasteiger partial charge in [-0.25, -0.2) is 4.39 Å². The standard InChI is InChI=1S/C21H21FN2O3/c1-12-5-16-15(3-2-4-17(16)27-12)18(25)23-7-14-6-13(23)8-24(14)19(26)20-9-21(22,10-20)11-20/h2-5,13-14H,6-11H2,1H3/t13-,14-,20?,21?/m0/s1. The lowest BCUT2D eigenvalue weighted by Crippen LogP contribution is -2.71. The molecule has 3 saturated carbocycles. The highest BCUT2D eigenvalue weighted by molar-refractivity contribution is 6.06. The van der Waals surface area contributed by atoms with Crippen molar-refractivity contribution < 1.29 is 18.4 Å². The third kappa shape index (κ3) is 1.93. The lowest BCUT2D eigenvalue weighted by Gasteiger charge is -2.65. The lowest BCUT2D eigenvalue weighted by atomic mass is 9.42. The van der Waals surface area contributed by atoms with E-state index in [1.807, 2.05) is 41.0 Å². The summed E-state index contributed by atoms with van der Waals surface area (Å²) in [6.45, 7) is 3.03. The Labute approximate surface area is 156 Å². The van der Waals surface area contributed by atoms with Gasteiger partial charge in [0.05, 0.1) is 23.1 Å². The van der Waals surface area contributed by atoms with Crippen LogP contribution in [-0.2, 0) is 4.79 Å².